The van der Waals surface area contributed by atoms with Crippen molar-refractivity contribution in [3.8, 4) is 9.75 Å². The van der Waals surface area contributed by atoms with Crippen molar-refractivity contribution in [2.45, 2.75) is 236 Å². The van der Waals surface area contributed by atoms with Crippen LogP contribution in [0.1, 0.15) is 215 Å². The predicted molar refractivity (Wildman–Crippen MR) is 244 cm³/mol. The molecule has 0 nitrogen and oxygen atoms in total. The van der Waals surface area contributed by atoms with Gasteiger partial charge in [0.05, 0.1) is 0 Å². The Kier molecular flexibility index (Phi) is 22.4. The van der Waals surface area contributed by atoms with E-state index in [1.54, 1.807) is 26.6 Å². The summed E-state index contributed by atoms with van der Waals surface area (Å²) in [6, 6.07) is 6.02. The van der Waals surface area contributed by atoms with E-state index >= 15 is 0 Å². The van der Waals surface area contributed by atoms with Gasteiger partial charge in [-0.1, -0.05) is 0 Å². The molecule has 0 N–H and O–H groups in total. The molecule has 0 bridgehead atoms. The molecule has 0 amide bonds. The molecule has 0 spiro atoms. The molecule has 2 heterocycles. The molecule has 1 unspecified atom stereocenters. The summed E-state index contributed by atoms with van der Waals surface area (Å²) in [6.07, 6.45) is 31.0. The van der Waals surface area contributed by atoms with Crippen molar-refractivity contribution < 1.29 is 0 Å². The molecule has 294 valence electrons. The van der Waals surface area contributed by atoms with Crippen LogP contribution in [-0.2, 0) is 5.41 Å². The summed E-state index contributed by atoms with van der Waals surface area (Å²) in [4.78, 5) is 3.65. The zero-order valence-electron chi connectivity index (χ0n) is 35.8. The molecule has 51 heavy (non-hydrogen) atoms. The van der Waals surface area contributed by atoms with Crippen LogP contribution >= 0.6 is 22.7 Å². The van der Waals surface area contributed by atoms with Crippen LogP contribution in [0.5, 0.6) is 0 Å². The van der Waals surface area contributed by atoms with Gasteiger partial charge in [-0.2, -0.15) is 0 Å². The number of hydrogen-bond donors (Lipinski definition) is 0. The Morgan fingerprint density at radius 3 is 1.18 bits per heavy atom. The molecular weight excluding hydrogens is 866 g/mol. The third-order valence-corrected chi connectivity index (χ3v) is 52.3. The van der Waals surface area contributed by atoms with Gasteiger partial charge in [-0.3, -0.25) is 0 Å². The molecule has 1 aliphatic rings. The first-order valence-electron chi connectivity index (χ1n) is 23.1. The Balaban J connectivity index is 2.37. The molecule has 1 aliphatic carbocycles. The molecule has 0 saturated carbocycles. The molecule has 2 aromatic rings. The fourth-order valence-electron chi connectivity index (χ4n) is 9.96. The maximum absolute atomic E-state index is 3.01. The summed E-state index contributed by atoms with van der Waals surface area (Å²) >= 11 is -0.286. The van der Waals surface area contributed by atoms with Crippen molar-refractivity contribution in [2.75, 3.05) is 0 Å². The fourth-order valence-corrected chi connectivity index (χ4v) is 50.8. The van der Waals surface area contributed by atoms with Crippen LogP contribution in [0.25, 0.3) is 9.75 Å². The normalized spacial score (nSPS) is 14.7. The zero-order chi connectivity index (χ0) is 37.2. The molecule has 0 aromatic carbocycles. The Morgan fingerprint density at radius 1 is 0.471 bits per heavy atom. The predicted octanol–water partition coefficient (Wildman–Crippen LogP) is 16.8. The van der Waals surface area contributed by atoms with Crippen LogP contribution in [-0.4, -0.2) is 36.8 Å². The monoisotopic (exact) mass is 954 g/mol. The fraction of sp³-hybridized carbons (Fsp3) is 0.830. The quantitative estimate of drug-likeness (QED) is 0.0522. The van der Waals surface area contributed by atoms with Gasteiger partial charge in [-0.05, 0) is 0 Å². The molecule has 0 aliphatic heterocycles. The van der Waals surface area contributed by atoms with Gasteiger partial charge in [0.1, 0.15) is 0 Å². The van der Waals surface area contributed by atoms with Gasteiger partial charge in [-0.25, -0.2) is 0 Å². The average Bonchev–Trinajstić information content (AvgIpc) is 3.85. The van der Waals surface area contributed by atoms with E-state index in [0.29, 0.717) is 0 Å². The number of thiophene rings is 2. The summed E-state index contributed by atoms with van der Waals surface area (Å²) in [5.41, 5.74) is 4.03. The summed E-state index contributed by atoms with van der Waals surface area (Å²) in [5, 5.41) is 0. The molecule has 0 radical (unpaired) electrons. The van der Waals surface area contributed by atoms with E-state index in [1.165, 1.54) is 141 Å². The van der Waals surface area contributed by atoms with Crippen molar-refractivity contribution in [3.05, 3.63) is 23.3 Å². The van der Waals surface area contributed by atoms with E-state index in [2.05, 4.69) is 97.1 Å². The average molecular weight is 953 g/mol. The Bertz CT molecular complexity index is 1090. The van der Waals surface area contributed by atoms with Gasteiger partial charge in [-0.15, -0.1) is 0 Å². The van der Waals surface area contributed by atoms with Gasteiger partial charge in [0.25, 0.3) is 0 Å². The minimum atomic E-state index is -2.57. The second-order valence-corrected chi connectivity index (χ2v) is 47.8. The topological polar surface area (TPSA) is 0 Å². The summed E-state index contributed by atoms with van der Waals surface area (Å²) in [7, 11) is 0. The second kappa shape index (κ2) is 24.6. The van der Waals surface area contributed by atoms with Crippen LogP contribution in [0.15, 0.2) is 12.1 Å². The van der Waals surface area contributed by atoms with Crippen molar-refractivity contribution in [1.29, 1.82) is 0 Å². The first-order chi connectivity index (χ1) is 24.8. The van der Waals surface area contributed by atoms with Gasteiger partial charge < -0.3 is 0 Å². The van der Waals surface area contributed by atoms with Gasteiger partial charge in [0.2, 0.25) is 0 Å². The van der Waals surface area contributed by atoms with Gasteiger partial charge in [0.15, 0.2) is 0 Å². The van der Waals surface area contributed by atoms with E-state index in [-0.39, 0.29) is 5.41 Å². The van der Waals surface area contributed by atoms with E-state index in [9.17, 15) is 0 Å². The zero-order valence-corrected chi connectivity index (χ0v) is 43.2. The van der Waals surface area contributed by atoms with Crippen molar-refractivity contribution in [2.24, 2.45) is 5.92 Å². The molecule has 4 heteroatoms. The van der Waals surface area contributed by atoms with E-state index in [4.69, 9.17) is 0 Å². The van der Waals surface area contributed by atoms with Crippen molar-refractivity contribution >= 4 is 65.2 Å². The number of unbranched alkanes of at least 4 members (excludes halogenated alkanes) is 10. The van der Waals surface area contributed by atoms with E-state index in [1.807, 2.05) is 26.7 Å². The van der Waals surface area contributed by atoms with E-state index < -0.39 is 36.8 Å². The Morgan fingerprint density at radius 2 is 0.843 bits per heavy atom. The van der Waals surface area contributed by atoms with Crippen molar-refractivity contribution in [1.82, 2.24) is 0 Å². The third-order valence-electron chi connectivity index (χ3n) is 13.4. The first-order valence-corrected chi connectivity index (χ1v) is 39.7. The van der Waals surface area contributed by atoms with Gasteiger partial charge >= 0.3 is 340 Å². The Labute approximate surface area is 336 Å². The molecule has 0 fully saturated rings. The first kappa shape index (κ1) is 46.4. The maximum atomic E-state index is 3.01. The molecule has 1 atom stereocenters. The summed E-state index contributed by atoms with van der Waals surface area (Å²) in [5.74, 6) is 0.851. The van der Waals surface area contributed by atoms with Crippen LogP contribution in [0, 0.1) is 5.92 Å². The summed E-state index contributed by atoms with van der Waals surface area (Å²) in [6.45, 7) is 22.1. The number of rotatable bonds is 31. The minimum absolute atomic E-state index is 0.270. The van der Waals surface area contributed by atoms with Gasteiger partial charge in [0, 0.05) is 0 Å². The standard InChI is InChI=1S/C23H32S2.6C4H9.2Sn/c1-4-7-9-10-14-23(17-18(6-3)11-8-5-2)19-12-15-24-21(19)22-20(23)13-16-25-22;6*1-3-4-2;;/h12-13,18H,4-11,14,17H2,1-3H3;6*1,3-4H2,2H3;;. The molecular formula is C47H86S2Sn2. The number of hydrogen-bond acceptors (Lipinski definition) is 2. The molecule has 3 rings (SSSR count). The van der Waals surface area contributed by atoms with Crippen molar-refractivity contribution in [3.63, 3.8) is 0 Å². The van der Waals surface area contributed by atoms with Crippen LogP contribution in [0.4, 0.5) is 0 Å². The van der Waals surface area contributed by atoms with E-state index in [0.717, 1.165) is 5.92 Å². The van der Waals surface area contributed by atoms with Crippen LogP contribution < -0.4 is 5.79 Å². The Hall–Kier alpha value is 0.997. The molecule has 0 saturated heterocycles. The molecule has 2 aromatic heterocycles. The van der Waals surface area contributed by atoms with Crippen LogP contribution in [0.3, 0.4) is 0 Å². The summed E-state index contributed by atoms with van der Waals surface area (Å²) < 4.78 is 13.7. The second-order valence-electron chi connectivity index (χ2n) is 17.4. The third kappa shape index (κ3) is 12.0. The van der Waals surface area contributed by atoms with Crippen LogP contribution in [0.2, 0.25) is 26.6 Å². The SMILES string of the molecule is CCCCCCC1(CC(CC)CCCC)c2c[c]([Sn]([CH2]CCC)([CH2]CCC)[CH2]CCC)sc2-c2s[c]([Sn]([CH2]CCC)([CH2]CCC)[CH2]CCC)cc21. The number of fused-ring (bicyclic) bond motifs is 3.